The predicted octanol–water partition coefficient (Wildman–Crippen LogP) is 2.27. The number of piperidine rings is 1. The molecular formula is C17H36N2O2. The largest absolute Gasteiger partial charge is 0.389 e. The van der Waals surface area contributed by atoms with Gasteiger partial charge in [0.1, 0.15) is 0 Å². The zero-order valence-electron chi connectivity index (χ0n) is 14.1. The number of ether oxygens (including phenoxy) is 1. The zero-order valence-corrected chi connectivity index (χ0v) is 14.1. The molecule has 0 aliphatic carbocycles. The molecule has 0 bridgehead atoms. The zero-order chi connectivity index (χ0) is 15.3. The maximum absolute atomic E-state index is 9.83. The number of likely N-dealkylation sites (tertiary alicyclic amines) is 1. The van der Waals surface area contributed by atoms with Crippen LogP contribution in [0.15, 0.2) is 0 Å². The third-order valence-corrected chi connectivity index (χ3v) is 4.40. The number of unbranched alkanes of at least 4 members (excludes halogenated alkanes) is 3. The monoisotopic (exact) mass is 300 g/mol. The van der Waals surface area contributed by atoms with E-state index in [0.717, 1.165) is 25.5 Å². The van der Waals surface area contributed by atoms with Crippen LogP contribution in [0.4, 0.5) is 0 Å². The molecule has 1 aliphatic heterocycles. The molecule has 0 spiro atoms. The van der Waals surface area contributed by atoms with E-state index in [9.17, 15) is 5.11 Å². The highest BCUT2D eigenvalue weighted by molar-refractivity contribution is 4.71. The molecule has 0 amide bonds. The van der Waals surface area contributed by atoms with Crippen LogP contribution >= 0.6 is 0 Å². The first-order chi connectivity index (χ1) is 10.2. The molecular weight excluding hydrogens is 264 g/mol. The van der Waals surface area contributed by atoms with Crippen LogP contribution in [0.1, 0.15) is 51.9 Å². The normalized spacial score (nSPS) is 19.0. The lowest BCUT2D eigenvalue weighted by Gasteiger charge is -2.29. The number of hydrogen-bond donors (Lipinski definition) is 2. The molecule has 4 nitrogen and oxygen atoms in total. The third kappa shape index (κ3) is 10.2. The molecule has 4 heteroatoms. The maximum atomic E-state index is 9.83. The Balaban J connectivity index is 1.85. The number of rotatable bonds is 12. The van der Waals surface area contributed by atoms with Gasteiger partial charge in [-0.3, -0.25) is 0 Å². The van der Waals surface area contributed by atoms with Gasteiger partial charge in [-0.15, -0.1) is 0 Å². The minimum Gasteiger partial charge on any atom is -0.389 e. The van der Waals surface area contributed by atoms with Gasteiger partial charge in [0.05, 0.1) is 12.7 Å². The Kier molecular flexibility index (Phi) is 11.1. The molecule has 21 heavy (non-hydrogen) atoms. The fourth-order valence-corrected chi connectivity index (χ4v) is 2.83. The summed E-state index contributed by atoms with van der Waals surface area (Å²) in [5, 5.41) is 13.2. The highest BCUT2D eigenvalue weighted by atomic mass is 16.5. The lowest BCUT2D eigenvalue weighted by atomic mass is 9.94. The van der Waals surface area contributed by atoms with E-state index in [-0.39, 0.29) is 6.10 Å². The van der Waals surface area contributed by atoms with E-state index in [0.29, 0.717) is 13.2 Å². The van der Waals surface area contributed by atoms with Gasteiger partial charge in [0, 0.05) is 13.2 Å². The van der Waals surface area contributed by atoms with Gasteiger partial charge in [-0.1, -0.05) is 26.2 Å². The predicted molar refractivity (Wildman–Crippen MR) is 88.7 cm³/mol. The number of aliphatic hydroxyl groups is 1. The van der Waals surface area contributed by atoms with Crippen LogP contribution in [0.5, 0.6) is 0 Å². The Labute approximate surface area is 131 Å². The molecule has 1 atom stereocenters. The van der Waals surface area contributed by atoms with Gasteiger partial charge in [-0.25, -0.2) is 0 Å². The first-order valence-corrected chi connectivity index (χ1v) is 8.87. The molecule has 0 aromatic heterocycles. The van der Waals surface area contributed by atoms with Gasteiger partial charge in [0.15, 0.2) is 0 Å². The fourth-order valence-electron chi connectivity index (χ4n) is 2.83. The van der Waals surface area contributed by atoms with Crippen LogP contribution in [-0.2, 0) is 4.74 Å². The minimum absolute atomic E-state index is 0.367. The van der Waals surface area contributed by atoms with E-state index in [2.05, 4.69) is 24.2 Å². The number of aliphatic hydroxyl groups excluding tert-OH is 1. The Morgan fingerprint density at radius 2 is 2.00 bits per heavy atom. The van der Waals surface area contributed by atoms with Crippen molar-refractivity contribution in [1.82, 2.24) is 10.2 Å². The molecule has 1 saturated heterocycles. The maximum Gasteiger partial charge on any atom is 0.0897 e. The number of hydrogen-bond acceptors (Lipinski definition) is 4. The SMILES string of the molecule is CCCCCCOCC(O)CNCCC1CCN(C)CC1. The number of nitrogens with one attached hydrogen (secondary N) is 1. The van der Waals surface area contributed by atoms with E-state index in [4.69, 9.17) is 4.74 Å². The van der Waals surface area contributed by atoms with Crippen molar-refractivity contribution in [3.05, 3.63) is 0 Å². The van der Waals surface area contributed by atoms with E-state index in [1.807, 2.05) is 0 Å². The second kappa shape index (κ2) is 12.4. The molecule has 0 aromatic rings. The Hall–Kier alpha value is -0.160. The van der Waals surface area contributed by atoms with Gasteiger partial charge >= 0.3 is 0 Å². The van der Waals surface area contributed by atoms with Crippen LogP contribution in [0.2, 0.25) is 0 Å². The molecule has 1 unspecified atom stereocenters. The van der Waals surface area contributed by atoms with Crippen molar-refractivity contribution < 1.29 is 9.84 Å². The van der Waals surface area contributed by atoms with Crippen molar-refractivity contribution in [1.29, 1.82) is 0 Å². The summed E-state index contributed by atoms with van der Waals surface area (Å²) in [6, 6.07) is 0. The van der Waals surface area contributed by atoms with Crippen LogP contribution in [0, 0.1) is 5.92 Å². The molecule has 0 radical (unpaired) electrons. The molecule has 1 rings (SSSR count). The lowest BCUT2D eigenvalue weighted by molar-refractivity contribution is 0.0353. The molecule has 1 heterocycles. The summed E-state index contributed by atoms with van der Waals surface area (Å²) in [6.07, 6.45) is 8.40. The van der Waals surface area contributed by atoms with Crippen molar-refractivity contribution >= 4 is 0 Å². The Morgan fingerprint density at radius 1 is 1.24 bits per heavy atom. The first-order valence-electron chi connectivity index (χ1n) is 8.87. The smallest absolute Gasteiger partial charge is 0.0897 e. The van der Waals surface area contributed by atoms with Gasteiger partial charge in [-0.2, -0.15) is 0 Å². The summed E-state index contributed by atoms with van der Waals surface area (Å²) in [5.74, 6) is 0.862. The average Bonchev–Trinajstić information content (AvgIpc) is 2.49. The van der Waals surface area contributed by atoms with Gasteiger partial charge in [0.2, 0.25) is 0 Å². The molecule has 2 N–H and O–H groups in total. The summed E-state index contributed by atoms with van der Waals surface area (Å²) in [7, 11) is 2.20. The minimum atomic E-state index is -0.367. The van der Waals surface area contributed by atoms with E-state index < -0.39 is 0 Å². The molecule has 1 fully saturated rings. The highest BCUT2D eigenvalue weighted by Gasteiger charge is 2.16. The topological polar surface area (TPSA) is 44.7 Å². The third-order valence-electron chi connectivity index (χ3n) is 4.40. The number of nitrogens with zero attached hydrogens (tertiary/aromatic N) is 1. The van der Waals surface area contributed by atoms with Crippen molar-refractivity contribution in [3.8, 4) is 0 Å². The second-order valence-corrected chi connectivity index (χ2v) is 6.53. The molecule has 1 aliphatic rings. The standard InChI is InChI=1S/C17H36N2O2/c1-3-4-5-6-13-21-15-17(20)14-18-10-7-16-8-11-19(2)12-9-16/h16-18,20H,3-15H2,1-2H3. The summed E-state index contributed by atoms with van der Waals surface area (Å²) in [5.41, 5.74) is 0. The summed E-state index contributed by atoms with van der Waals surface area (Å²) >= 11 is 0. The Bertz CT molecular complexity index is 231. The molecule has 0 saturated carbocycles. The summed E-state index contributed by atoms with van der Waals surface area (Å²) in [6.45, 7) is 7.60. The summed E-state index contributed by atoms with van der Waals surface area (Å²) in [4.78, 5) is 2.41. The molecule has 126 valence electrons. The Morgan fingerprint density at radius 3 is 2.71 bits per heavy atom. The summed E-state index contributed by atoms with van der Waals surface area (Å²) < 4.78 is 5.51. The van der Waals surface area contributed by atoms with Crippen LogP contribution in [0.3, 0.4) is 0 Å². The fraction of sp³-hybridized carbons (Fsp3) is 1.00. The van der Waals surface area contributed by atoms with Gasteiger partial charge in [0.25, 0.3) is 0 Å². The van der Waals surface area contributed by atoms with Crippen LogP contribution < -0.4 is 5.32 Å². The van der Waals surface area contributed by atoms with E-state index in [1.165, 1.54) is 51.6 Å². The first kappa shape index (κ1) is 18.9. The highest BCUT2D eigenvalue weighted by Crippen LogP contribution is 2.18. The van der Waals surface area contributed by atoms with Crippen molar-refractivity contribution in [2.24, 2.45) is 5.92 Å². The van der Waals surface area contributed by atoms with E-state index in [1.54, 1.807) is 0 Å². The molecule has 0 aromatic carbocycles. The van der Waals surface area contributed by atoms with Crippen LogP contribution in [0.25, 0.3) is 0 Å². The van der Waals surface area contributed by atoms with E-state index >= 15 is 0 Å². The quantitative estimate of drug-likeness (QED) is 0.543. The second-order valence-electron chi connectivity index (χ2n) is 6.53. The van der Waals surface area contributed by atoms with Crippen molar-refractivity contribution in [3.63, 3.8) is 0 Å². The van der Waals surface area contributed by atoms with Crippen LogP contribution in [-0.4, -0.2) is 62.6 Å². The van der Waals surface area contributed by atoms with Gasteiger partial charge < -0.3 is 20.1 Å². The average molecular weight is 300 g/mol. The lowest BCUT2D eigenvalue weighted by Crippen LogP contribution is -2.34. The van der Waals surface area contributed by atoms with Gasteiger partial charge in [-0.05, 0) is 58.3 Å². The van der Waals surface area contributed by atoms with Crippen molar-refractivity contribution in [2.75, 3.05) is 46.4 Å². The van der Waals surface area contributed by atoms with Crippen molar-refractivity contribution in [2.45, 2.75) is 58.0 Å².